The van der Waals surface area contributed by atoms with Gasteiger partial charge in [0.05, 0.1) is 27.9 Å². The van der Waals surface area contributed by atoms with Gasteiger partial charge in [-0.25, -0.2) is 4.98 Å². The van der Waals surface area contributed by atoms with Crippen LogP contribution in [-0.4, -0.2) is 22.5 Å². The Balaban J connectivity index is 1.86. The van der Waals surface area contributed by atoms with Gasteiger partial charge in [0.15, 0.2) is 0 Å². The summed E-state index contributed by atoms with van der Waals surface area (Å²) in [7, 11) is 1.76. The maximum Gasteiger partial charge on any atom is 0.266 e. The van der Waals surface area contributed by atoms with E-state index in [1.54, 1.807) is 22.6 Å². The highest BCUT2D eigenvalue weighted by molar-refractivity contribution is 14.1. The van der Waals surface area contributed by atoms with Gasteiger partial charge >= 0.3 is 0 Å². The number of halogens is 1. The molecule has 0 aliphatic carbocycles. The highest BCUT2D eigenvalue weighted by Gasteiger charge is 2.30. The van der Waals surface area contributed by atoms with Crippen LogP contribution in [0.4, 0.5) is 5.69 Å². The minimum absolute atomic E-state index is 0.116. The van der Waals surface area contributed by atoms with Gasteiger partial charge in [-0.05, 0) is 71.5 Å². The fourth-order valence-electron chi connectivity index (χ4n) is 3.99. The van der Waals surface area contributed by atoms with E-state index >= 15 is 0 Å². The molecule has 3 aromatic carbocycles. The highest BCUT2D eigenvalue weighted by Crippen LogP contribution is 2.36. The van der Waals surface area contributed by atoms with E-state index in [-0.39, 0.29) is 11.5 Å². The number of amides is 1. The highest BCUT2D eigenvalue weighted by atomic mass is 127. The summed E-state index contributed by atoms with van der Waals surface area (Å²) in [6, 6.07) is 21.0. The summed E-state index contributed by atoms with van der Waals surface area (Å²) in [4.78, 5) is 33.1. The fraction of sp³-hybridized carbons (Fsp3) is 0.0800. The Morgan fingerprint density at radius 1 is 0.935 bits per heavy atom. The van der Waals surface area contributed by atoms with Gasteiger partial charge in [-0.2, -0.15) is 0 Å². The Morgan fingerprint density at radius 2 is 1.65 bits per heavy atom. The molecule has 0 unspecified atom stereocenters. The van der Waals surface area contributed by atoms with Crippen molar-refractivity contribution in [1.82, 2.24) is 9.55 Å². The van der Waals surface area contributed by atoms with Gasteiger partial charge in [0.25, 0.3) is 11.5 Å². The minimum Gasteiger partial charge on any atom is -0.311 e. The van der Waals surface area contributed by atoms with Gasteiger partial charge in [-0.15, -0.1) is 0 Å². The summed E-state index contributed by atoms with van der Waals surface area (Å²) < 4.78 is 2.57. The average molecular weight is 519 g/mol. The van der Waals surface area contributed by atoms with Crippen molar-refractivity contribution in [3.05, 3.63) is 97.6 Å². The Hall–Kier alpha value is -3.26. The molecule has 0 spiro atoms. The van der Waals surface area contributed by atoms with Crippen molar-refractivity contribution in [3.63, 3.8) is 0 Å². The molecule has 6 heteroatoms. The van der Waals surface area contributed by atoms with Crippen molar-refractivity contribution in [1.29, 1.82) is 0 Å². The second-order valence-corrected chi connectivity index (χ2v) is 8.74. The molecule has 0 saturated heterocycles. The normalized spacial score (nSPS) is 14.5. The maximum atomic E-state index is 13.6. The summed E-state index contributed by atoms with van der Waals surface area (Å²) in [6.07, 6.45) is 1.73. The van der Waals surface area contributed by atoms with E-state index < -0.39 is 0 Å². The molecule has 31 heavy (non-hydrogen) atoms. The summed E-state index contributed by atoms with van der Waals surface area (Å²) >= 11 is 2.19. The largest absolute Gasteiger partial charge is 0.311 e. The molecule has 2 heterocycles. The van der Waals surface area contributed by atoms with E-state index in [9.17, 15) is 9.59 Å². The monoisotopic (exact) mass is 519 g/mol. The van der Waals surface area contributed by atoms with Crippen molar-refractivity contribution in [3.8, 4) is 5.69 Å². The van der Waals surface area contributed by atoms with Crippen LogP contribution in [0.25, 0.3) is 28.2 Å². The molecule has 0 bridgehead atoms. The first kappa shape index (κ1) is 19.7. The number of aromatic nitrogens is 2. The zero-order valence-corrected chi connectivity index (χ0v) is 19.1. The van der Waals surface area contributed by atoms with Crippen molar-refractivity contribution in [2.45, 2.75) is 6.92 Å². The lowest BCUT2D eigenvalue weighted by Crippen LogP contribution is -2.24. The Labute approximate surface area is 192 Å². The molecule has 0 fully saturated rings. The van der Waals surface area contributed by atoms with Crippen LogP contribution < -0.4 is 10.5 Å². The first-order chi connectivity index (χ1) is 15.0. The number of para-hydroxylation sites is 2. The van der Waals surface area contributed by atoms with Crippen LogP contribution in [0, 0.1) is 10.5 Å². The van der Waals surface area contributed by atoms with E-state index in [1.807, 2.05) is 73.7 Å². The second-order valence-electron chi connectivity index (χ2n) is 7.50. The van der Waals surface area contributed by atoms with Gasteiger partial charge in [0.1, 0.15) is 5.82 Å². The number of hydrogen-bond acceptors (Lipinski definition) is 3. The number of hydrogen-bond donors (Lipinski definition) is 0. The first-order valence-electron chi connectivity index (χ1n) is 9.83. The lowest BCUT2D eigenvalue weighted by Gasteiger charge is -2.14. The van der Waals surface area contributed by atoms with Crippen molar-refractivity contribution >= 4 is 56.7 Å². The molecule has 0 saturated carbocycles. The third-order valence-corrected chi connectivity index (χ3v) is 6.25. The topological polar surface area (TPSA) is 55.2 Å². The van der Waals surface area contributed by atoms with E-state index in [0.29, 0.717) is 22.3 Å². The lowest BCUT2D eigenvalue weighted by atomic mass is 10.1. The van der Waals surface area contributed by atoms with Gasteiger partial charge in [0, 0.05) is 16.2 Å². The molecular formula is C25H18IN3O2. The van der Waals surface area contributed by atoms with Crippen LogP contribution >= 0.6 is 22.6 Å². The van der Waals surface area contributed by atoms with E-state index in [2.05, 4.69) is 22.6 Å². The molecule has 4 aromatic rings. The molecule has 0 radical (unpaired) electrons. The standard InChI is InChI=1S/C25H18IN3O2/c1-15-7-3-5-9-21(15)29-23(27-20-12-11-16(26)13-19(20)25(29)31)14-18-17-8-4-6-10-22(17)28(2)24(18)30/h3-14H,1-2H3. The molecule has 5 rings (SSSR count). The third kappa shape index (κ3) is 3.18. The molecule has 1 aliphatic heterocycles. The predicted molar refractivity (Wildman–Crippen MR) is 133 cm³/mol. The van der Waals surface area contributed by atoms with Crippen LogP contribution in [0.5, 0.6) is 0 Å². The second kappa shape index (κ2) is 7.46. The van der Waals surface area contributed by atoms with Crippen LogP contribution in [0.15, 0.2) is 71.5 Å². The van der Waals surface area contributed by atoms with Crippen molar-refractivity contribution < 1.29 is 4.79 Å². The molecule has 1 aliphatic rings. The summed E-state index contributed by atoms with van der Waals surface area (Å²) in [5.74, 6) is 0.316. The fourth-order valence-corrected chi connectivity index (χ4v) is 4.48. The number of fused-ring (bicyclic) bond motifs is 2. The van der Waals surface area contributed by atoms with Crippen LogP contribution in [0.2, 0.25) is 0 Å². The number of benzene rings is 3. The van der Waals surface area contributed by atoms with E-state index in [1.165, 1.54) is 0 Å². The minimum atomic E-state index is -0.156. The Kier molecular flexibility index (Phi) is 4.74. The van der Waals surface area contributed by atoms with Crippen LogP contribution in [0.3, 0.4) is 0 Å². The average Bonchev–Trinajstić information content (AvgIpc) is 3.01. The molecule has 1 aromatic heterocycles. The molecular weight excluding hydrogens is 501 g/mol. The van der Waals surface area contributed by atoms with E-state index in [4.69, 9.17) is 4.98 Å². The lowest BCUT2D eigenvalue weighted by molar-refractivity contribution is -0.112. The maximum absolute atomic E-state index is 13.6. The smallest absolute Gasteiger partial charge is 0.266 e. The number of carbonyl (C=O) groups is 1. The van der Waals surface area contributed by atoms with Crippen molar-refractivity contribution in [2.24, 2.45) is 0 Å². The van der Waals surface area contributed by atoms with Gasteiger partial charge in [-0.3, -0.25) is 14.2 Å². The van der Waals surface area contributed by atoms with Crippen LogP contribution in [-0.2, 0) is 4.79 Å². The molecule has 1 amide bonds. The molecule has 152 valence electrons. The van der Waals surface area contributed by atoms with Gasteiger partial charge < -0.3 is 4.90 Å². The first-order valence-corrected chi connectivity index (χ1v) is 10.9. The third-order valence-electron chi connectivity index (χ3n) is 5.58. The Bertz CT molecular complexity index is 1470. The summed E-state index contributed by atoms with van der Waals surface area (Å²) in [5, 5.41) is 0.549. The van der Waals surface area contributed by atoms with Crippen molar-refractivity contribution in [2.75, 3.05) is 11.9 Å². The zero-order valence-electron chi connectivity index (χ0n) is 17.0. The number of likely N-dealkylation sites (N-methyl/N-ethyl adjacent to an activating group) is 1. The number of rotatable bonds is 2. The number of aryl methyl sites for hydroxylation is 1. The van der Waals surface area contributed by atoms with Gasteiger partial charge in [-0.1, -0.05) is 36.4 Å². The van der Waals surface area contributed by atoms with Crippen LogP contribution in [0.1, 0.15) is 17.0 Å². The number of anilines is 1. The van der Waals surface area contributed by atoms with Gasteiger partial charge in [0.2, 0.25) is 0 Å². The summed E-state index contributed by atoms with van der Waals surface area (Å²) in [5.41, 5.74) is 4.36. The van der Waals surface area contributed by atoms with E-state index in [0.717, 1.165) is 26.1 Å². The number of carbonyl (C=O) groups excluding carboxylic acids is 1. The molecule has 5 nitrogen and oxygen atoms in total. The predicted octanol–water partition coefficient (Wildman–Crippen LogP) is 4.82. The number of nitrogens with zero attached hydrogens (tertiary/aromatic N) is 3. The molecule has 0 atom stereocenters. The Morgan fingerprint density at radius 3 is 2.42 bits per heavy atom. The summed E-state index contributed by atoms with van der Waals surface area (Å²) in [6.45, 7) is 1.96. The SMILES string of the molecule is Cc1ccccc1-n1c(C=C2C(=O)N(C)c3ccccc32)nc2ccc(I)cc2c1=O. The quantitative estimate of drug-likeness (QED) is 0.282. The molecule has 0 N–H and O–H groups in total. The zero-order chi connectivity index (χ0) is 21.7.